The van der Waals surface area contributed by atoms with Crippen molar-refractivity contribution >= 4 is 53.1 Å². The highest BCUT2D eigenvalue weighted by molar-refractivity contribution is 14.0. The van der Waals surface area contributed by atoms with Crippen molar-refractivity contribution in [2.45, 2.75) is 31.6 Å². The van der Waals surface area contributed by atoms with E-state index in [1.165, 1.54) is 18.1 Å². The third kappa shape index (κ3) is 6.89. The fraction of sp³-hybridized carbons (Fsp3) is 0.364. The molecule has 0 aliphatic heterocycles. The molecule has 5 nitrogen and oxygen atoms in total. The predicted octanol–water partition coefficient (Wildman–Crippen LogP) is 4.36. The molecule has 1 fully saturated rings. The lowest BCUT2D eigenvalue weighted by Crippen LogP contribution is -2.41. The van der Waals surface area contributed by atoms with Crippen LogP contribution in [0.15, 0.2) is 53.5 Å². The van der Waals surface area contributed by atoms with Gasteiger partial charge in [-0.2, -0.15) is 0 Å². The molecule has 3 rings (SSSR count). The molecule has 1 amide bonds. The molecule has 1 saturated carbocycles. The Labute approximate surface area is 194 Å². The Morgan fingerprint density at radius 2 is 1.86 bits per heavy atom. The van der Waals surface area contributed by atoms with Gasteiger partial charge < -0.3 is 16.0 Å². The van der Waals surface area contributed by atoms with Gasteiger partial charge in [0.05, 0.1) is 0 Å². The normalized spacial score (nSPS) is 14.5. The second-order valence-electron chi connectivity index (χ2n) is 7.27. The van der Waals surface area contributed by atoms with E-state index in [-0.39, 0.29) is 35.3 Å². The molecule has 2 aromatic rings. The summed E-state index contributed by atoms with van der Waals surface area (Å²) in [7, 11) is 1.79. The van der Waals surface area contributed by atoms with Gasteiger partial charge in [0.1, 0.15) is 0 Å². The summed E-state index contributed by atoms with van der Waals surface area (Å²) in [5.41, 5.74) is 3.48. The quantitative estimate of drug-likeness (QED) is 0.285. The monoisotopic (exact) mass is 526 g/mol. The summed E-state index contributed by atoms with van der Waals surface area (Å²) in [5, 5.41) is 10.4. The highest BCUT2D eigenvalue weighted by atomic mass is 127. The van der Waals surface area contributed by atoms with Crippen molar-refractivity contribution in [2.75, 3.05) is 25.5 Å². The maximum atomic E-state index is 11.1. The third-order valence-corrected chi connectivity index (χ3v) is 5.32. The SMILES string of the molecule is CN=C(NCCc1ccc(NC(C)=O)cc1)NCC1(c2cccc(Cl)c2)CC1.I. The first kappa shape index (κ1) is 23.5. The summed E-state index contributed by atoms with van der Waals surface area (Å²) in [6.45, 7) is 3.14. The number of halogens is 2. The van der Waals surface area contributed by atoms with Crippen molar-refractivity contribution in [1.29, 1.82) is 0 Å². The Bertz CT molecular complexity index is 850. The smallest absolute Gasteiger partial charge is 0.221 e. The van der Waals surface area contributed by atoms with Gasteiger partial charge >= 0.3 is 0 Å². The summed E-state index contributed by atoms with van der Waals surface area (Å²) in [6, 6.07) is 16.1. The minimum Gasteiger partial charge on any atom is -0.356 e. The number of carbonyl (C=O) groups excluding carboxylic acids is 1. The number of nitrogens with zero attached hydrogens (tertiary/aromatic N) is 1. The van der Waals surface area contributed by atoms with Crippen molar-refractivity contribution in [3.63, 3.8) is 0 Å². The van der Waals surface area contributed by atoms with Gasteiger partial charge in [0.25, 0.3) is 0 Å². The molecule has 0 heterocycles. The van der Waals surface area contributed by atoms with Crippen molar-refractivity contribution in [3.05, 3.63) is 64.7 Å². The van der Waals surface area contributed by atoms with Crippen molar-refractivity contribution in [1.82, 2.24) is 10.6 Å². The Hall–Kier alpha value is -1.80. The predicted molar refractivity (Wildman–Crippen MR) is 132 cm³/mol. The van der Waals surface area contributed by atoms with Gasteiger partial charge in [0.2, 0.25) is 5.91 Å². The Morgan fingerprint density at radius 1 is 1.14 bits per heavy atom. The van der Waals surface area contributed by atoms with Gasteiger partial charge in [-0.25, -0.2) is 0 Å². The van der Waals surface area contributed by atoms with Crippen LogP contribution in [-0.2, 0) is 16.6 Å². The van der Waals surface area contributed by atoms with Gasteiger partial charge in [-0.05, 0) is 54.7 Å². The molecule has 2 aromatic carbocycles. The number of hydrogen-bond acceptors (Lipinski definition) is 2. The second kappa shape index (κ2) is 10.8. The Balaban J connectivity index is 0.00000300. The van der Waals surface area contributed by atoms with E-state index in [0.29, 0.717) is 0 Å². The topological polar surface area (TPSA) is 65.5 Å². The van der Waals surface area contributed by atoms with Crippen LogP contribution in [-0.4, -0.2) is 32.0 Å². The molecule has 0 radical (unpaired) electrons. The molecule has 0 atom stereocenters. The zero-order chi connectivity index (χ0) is 20.0. The molecular formula is C22H28ClIN4O. The first-order valence-corrected chi connectivity index (χ1v) is 9.96. The van der Waals surface area contributed by atoms with Gasteiger partial charge in [0.15, 0.2) is 5.96 Å². The van der Waals surface area contributed by atoms with Crippen LogP contribution >= 0.6 is 35.6 Å². The van der Waals surface area contributed by atoms with E-state index >= 15 is 0 Å². The number of aliphatic imine (C=N–C) groups is 1. The highest BCUT2D eigenvalue weighted by Gasteiger charge is 2.44. The Morgan fingerprint density at radius 3 is 2.45 bits per heavy atom. The number of anilines is 1. The first-order chi connectivity index (χ1) is 13.5. The summed E-state index contributed by atoms with van der Waals surface area (Å²) in [6.07, 6.45) is 3.20. The van der Waals surface area contributed by atoms with Gasteiger partial charge in [-0.3, -0.25) is 9.79 Å². The van der Waals surface area contributed by atoms with Crippen LogP contribution in [0.5, 0.6) is 0 Å². The number of nitrogens with one attached hydrogen (secondary N) is 3. The molecule has 1 aliphatic rings. The molecule has 0 aromatic heterocycles. The lowest BCUT2D eigenvalue weighted by Gasteiger charge is -2.19. The summed E-state index contributed by atoms with van der Waals surface area (Å²) in [5.74, 6) is 0.749. The molecule has 0 spiro atoms. The molecule has 7 heteroatoms. The second-order valence-corrected chi connectivity index (χ2v) is 7.71. The molecule has 29 heavy (non-hydrogen) atoms. The van der Waals surface area contributed by atoms with E-state index in [0.717, 1.165) is 49.0 Å². The zero-order valence-corrected chi connectivity index (χ0v) is 19.9. The van der Waals surface area contributed by atoms with Gasteiger partial charge in [0, 0.05) is 43.2 Å². The fourth-order valence-corrected chi connectivity index (χ4v) is 3.48. The van der Waals surface area contributed by atoms with E-state index in [1.807, 2.05) is 36.4 Å². The Kier molecular flexibility index (Phi) is 8.77. The zero-order valence-electron chi connectivity index (χ0n) is 16.8. The lowest BCUT2D eigenvalue weighted by molar-refractivity contribution is -0.114. The van der Waals surface area contributed by atoms with E-state index < -0.39 is 0 Å². The van der Waals surface area contributed by atoms with E-state index in [2.05, 4.69) is 33.1 Å². The summed E-state index contributed by atoms with van der Waals surface area (Å²) >= 11 is 6.15. The maximum absolute atomic E-state index is 11.1. The minimum absolute atomic E-state index is 0. The summed E-state index contributed by atoms with van der Waals surface area (Å²) in [4.78, 5) is 15.4. The number of hydrogen-bond donors (Lipinski definition) is 3. The van der Waals surface area contributed by atoms with E-state index in [9.17, 15) is 4.79 Å². The summed E-state index contributed by atoms with van der Waals surface area (Å²) < 4.78 is 0. The molecule has 1 aliphatic carbocycles. The molecule has 0 unspecified atom stereocenters. The number of benzene rings is 2. The molecule has 0 saturated heterocycles. The van der Waals surface area contributed by atoms with Crippen LogP contribution in [0, 0.1) is 0 Å². The largest absolute Gasteiger partial charge is 0.356 e. The van der Waals surface area contributed by atoms with Crippen LogP contribution < -0.4 is 16.0 Å². The van der Waals surface area contributed by atoms with Crippen molar-refractivity contribution in [3.8, 4) is 0 Å². The van der Waals surface area contributed by atoms with Crippen LogP contribution in [0.3, 0.4) is 0 Å². The average molecular weight is 527 g/mol. The molecule has 0 bridgehead atoms. The average Bonchev–Trinajstić information content (AvgIpc) is 3.47. The first-order valence-electron chi connectivity index (χ1n) is 9.58. The third-order valence-electron chi connectivity index (χ3n) is 5.09. The molecule has 156 valence electrons. The van der Waals surface area contributed by atoms with Crippen LogP contribution in [0.4, 0.5) is 5.69 Å². The number of carbonyl (C=O) groups is 1. The lowest BCUT2D eigenvalue weighted by atomic mass is 9.96. The standard InChI is InChI=1S/C22H27ClN4O.HI/c1-16(28)27-20-8-6-17(7-9-20)10-13-25-21(24-2)26-15-22(11-12-22)18-4-3-5-19(23)14-18;/h3-9,14H,10-13,15H2,1-2H3,(H,27,28)(H2,24,25,26);1H. The van der Waals surface area contributed by atoms with Gasteiger partial charge in [-0.15, -0.1) is 24.0 Å². The maximum Gasteiger partial charge on any atom is 0.221 e. The number of rotatable bonds is 7. The fourth-order valence-electron chi connectivity index (χ4n) is 3.29. The van der Waals surface area contributed by atoms with Gasteiger partial charge in [-0.1, -0.05) is 35.9 Å². The minimum atomic E-state index is -0.0597. The van der Waals surface area contributed by atoms with E-state index in [4.69, 9.17) is 11.6 Å². The van der Waals surface area contributed by atoms with Crippen LogP contribution in [0.1, 0.15) is 30.9 Å². The van der Waals surface area contributed by atoms with Crippen molar-refractivity contribution in [2.24, 2.45) is 4.99 Å². The van der Waals surface area contributed by atoms with Crippen LogP contribution in [0.2, 0.25) is 5.02 Å². The van der Waals surface area contributed by atoms with Crippen molar-refractivity contribution < 1.29 is 4.79 Å². The molecule has 3 N–H and O–H groups in total. The van der Waals surface area contributed by atoms with Crippen LogP contribution in [0.25, 0.3) is 0 Å². The van der Waals surface area contributed by atoms with E-state index in [1.54, 1.807) is 7.05 Å². The number of amides is 1. The highest BCUT2D eigenvalue weighted by Crippen LogP contribution is 2.48. The number of guanidine groups is 1. The molecular weight excluding hydrogens is 499 g/mol.